The Balaban J connectivity index is 2.11. The zero-order chi connectivity index (χ0) is 10.7. The van der Waals surface area contributed by atoms with Crippen LogP contribution in [0.25, 0.3) is 0 Å². The molecule has 0 saturated heterocycles. The van der Waals surface area contributed by atoms with Crippen LogP contribution in [0.15, 0.2) is 29.1 Å². The van der Waals surface area contributed by atoms with Crippen molar-refractivity contribution in [3.8, 4) is 0 Å². The number of anilines is 1. The van der Waals surface area contributed by atoms with Gasteiger partial charge in [0.05, 0.1) is 6.20 Å². The number of amides is 1. The summed E-state index contributed by atoms with van der Waals surface area (Å²) in [5, 5.41) is 13.3. The predicted octanol–water partition coefficient (Wildman–Crippen LogP) is 1.37. The second kappa shape index (κ2) is 4.05. The van der Waals surface area contributed by atoms with Gasteiger partial charge in [-0.2, -0.15) is 0 Å². The van der Waals surface area contributed by atoms with Crippen LogP contribution >= 0.6 is 11.6 Å². The van der Waals surface area contributed by atoms with Crippen LogP contribution in [0.1, 0.15) is 10.5 Å². The average Bonchev–Trinajstić information content (AvgIpc) is 2.71. The van der Waals surface area contributed by atoms with Crippen molar-refractivity contribution in [3.05, 3.63) is 35.4 Å². The molecule has 0 fully saturated rings. The van der Waals surface area contributed by atoms with Crippen molar-refractivity contribution in [1.29, 1.82) is 0 Å². The molecule has 0 aliphatic rings. The van der Waals surface area contributed by atoms with E-state index in [1.54, 1.807) is 0 Å². The number of nitrogens with zero attached hydrogens (tertiary/aromatic N) is 3. The Morgan fingerprint density at radius 2 is 2.27 bits per heavy atom. The average molecular weight is 225 g/mol. The molecule has 0 aliphatic heterocycles. The molecule has 6 nitrogen and oxygen atoms in total. The smallest absolute Gasteiger partial charge is 0.276 e. The van der Waals surface area contributed by atoms with Gasteiger partial charge < -0.3 is 9.84 Å². The van der Waals surface area contributed by atoms with E-state index in [2.05, 4.69) is 25.2 Å². The molecule has 0 aliphatic carbocycles. The van der Waals surface area contributed by atoms with Crippen LogP contribution in [-0.2, 0) is 0 Å². The third kappa shape index (κ3) is 2.29. The lowest BCUT2D eigenvalue weighted by molar-refractivity contribution is 0.102. The minimum atomic E-state index is -0.401. The van der Waals surface area contributed by atoms with Crippen molar-refractivity contribution in [2.24, 2.45) is 0 Å². The number of nitrogens with one attached hydrogen (secondary N) is 1. The summed E-state index contributed by atoms with van der Waals surface area (Å²) >= 11 is 5.53. The molecule has 0 aromatic carbocycles. The van der Waals surface area contributed by atoms with Gasteiger partial charge in [0.15, 0.2) is 10.8 Å². The highest BCUT2D eigenvalue weighted by molar-refractivity contribution is 6.29. The molecule has 0 spiro atoms. The summed E-state index contributed by atoms with van der Waals surface area (Å²) in [6, 6.07) is 2.95. The number of rotatable bonds is 2. The maximum absolute atomic E-state index is 11.5. The highest BCUT2D eigenvalue weighted by atomic mass is 35.5. The maximum Gasteiger partial charge on any atom is 0.276 e. The van der Waals surface area contributed by atoms with E-state index >= 15 is 0 Å². The van der Waals surface area contributed by atoms with Crippen LogP contribution in [0.5, 0.6) is 0 Å². The molecule has 1 amide bonds. The van der Waals surface area contributed by atoms with Gasteiger partial charge in [-0.05, 0) is 12.1 Å². The van der Waals surface area contributed by atoms with Gasteiger partial charge in [0.2, 0.25) is 0 Å². The fourth-order valence-electron chi connectivity index (χ4n) is 0.899. The van der Waals surface area contributed by atoms with E-state index in [0.29, 0.717) is 5.69 Å². The first kappa shape index (κ1) is 9.60. The Morgan fingerprint density at radius 3 is 2.87 bits per heavy atom. The first-order valence-electron chi connectivity index (χ1n) is 3.95. The molecule has 2 rings (SSSR count). The molecule has 0 radical (unpaired) electrons. The number of carbonyl (C=O) groups excluding carboxylic acids is 1. The largest absolute Gasteiger partial charge is 0.363 e. The molecule has 0 atom stereocenters. The molecule has 2 aromatic heterocycles. The lowest BCUT2D eigenvalue weighted by Crippen LogP contribution is -2.13. The van der Waals surface area contributed by atoms with Gasteiger partial charge in [0.25, 0.3) is 5.91 Å². The molecular weight excluding hydrogens is 220 g/mol. The Labute approximate surface area is 89.2 Å². The Hall–Kier alpha value is -1.95. The Morgan fingerprint density at radius 1 is 1.40 bits per heavy atom. The van der Waals surface area contributed by atoms with E-state index in [-0.39, 0.29) is 10.8 Å². The number of hydrogen-bond acceptors (Lipinski definition) is 5. The van der Waals surface area contributed by atoms with Gasteiger partial charge in [-0.1, -0.05) is 16.8 Å². The fourth-order valence-corrected chi connectivity index (χ4v) is 1.000. The Bertz CT molecular complexity index is 454. The van der Waals surface area contributed by atoms with Gasteiger partial charge in [0.1, 0.15) is 12.0 Å². The van der Waals surface area contributed by atoms with Crippen LogP contribution in [0.4, 0.5) is 5.69 Å². The molecule has 0 bridgehead atoms. The van der Waals surface area contributed by atoms with Gasteiger partial charge >= 0.3 is 0 Å². The SMILES string of the molecule is O=C(Nc1cnoc1)c1ccc(Cl)nn1. The van der Waals surface area contributed by atoms with Gasteiger partial charge in [-0.15, -0.1) is 10.2 Å². The summed E-state index contributed by atoms with van der Waals surface area (Å²) in [6.07, 6.45) is 2.68. The number of aromatic nitrogens is 3. The van der Waals surface area contributed by atoms with Crippen LogP contribution in [0.3, 0.4) is 0 Å². The minimum absolute atomic E-state index is 0.167. The van der Waals surface area contributed by atoms with Crippen LogP contribution in [-0.4, -0.2) is 21.3 Å². The van der Waals surface area contributed by atoms with Crippen molar-refractivity contribution in [2.45, 2.75) is 0 Å². The second-order valence-corrected chi connectivity index (χ2v) is 3.00. The summed E-state index contributed by atoms with van der Waals surface area (Å²) in [5.41, 5.74) is 0.623. The van der Waals surface area contributed by atoms with E-state index in [4.69, 9.17) is 11.6 Å². The molecule has 15 heavy (non-hydrogen) atoms. The van der Waals surface area contributed by atoms with Crippen molar-refractivity contribution in [2.75, 3.05) is 5.32 Å². The van der Waals surface area contributed by atoms with E-state index in [0.717, 1.165) is 0 Å². The third-order valence-electron chi connectivity index (χ3n) is 1.55. The zero-order valence-electron chi connectivity index (χ0n) is 7.35. The maximum atomic E-state index is 11.5. The van der Waals surface area contributed by atoms with Crippen molar-refractivity contribution >= 4 is 23.2 Å². The van der Waals surface area contributed by atoms with Crippen LogP contribution in [0.2, 0.25) is 5.15 Å². The van der Waals surface area contributed by atoms with E-state index in [1.165, 1.54) is 24.6 Å². The first-order chi connectivity index (χ1) is 7.25. The highest BCUT2D eigenvalue weighted by Crippen LogP contribution is 2.07. The monoisotopic (exact) mass is 224 g/mol. The zero-order valence-corrected chi connectivity index (χ0v) is 8.10. The molecule has 0 saturated carbocycles. The lowest BCUT2D eigenvalue weighted by Gasteiger charge is -1.99. The van der Waals surface area contributed by atoms with Crippen molar-refractivity contribution in [3.63, 3.8) is 0 Å². The van der Waals surface area contributed by atoms with Crippen molar-refractivity contribution in [1.82, 2.24) is 15.4 Å². The summed E-state index contributed by atoms with van der Waals surface area (Å²) < 4.78 is 4.55. The predicted molar refractivity (Wildman–Crippen MR) is 51.5 cm³/mol. The van der Waals surface area contributed by atoms with Crippen molar-refractivity contribution < 1.29 is 9.32 Å². The quantitative estimate of drug-likeness (QED) is 0.833. The van der Waals surface area contributed by atoms with Gasteiger partial charge in [0, 0.05) is 0 Å². The third-order valence-corrected chi connectivity index (χ3v) is 1.76. The first-order valence-corrected chi connectivity index (χ1v) is 4.33. The molecule has 1 N–H and O–H groups in total. The lowest BCUT2D eigenvalue weighted by atomic mass is 10.3. The fraction of sp³-hybridized carbons (Fsp3) is 0. The number of halogens is 1. The molecule has 76 valence electrons. The molecule has 2 aromatic rings. The molecular formula is C8H5ClN4O2. The van der Waals surface area contributed by atoms with Crippen LogP contribution in [0, 0.1) is 0 Å². The van der Waals surface area contributed by atoms with Gasteiger partial charge in [-0.3, -0.25) is 4.79 Å². The van der Waals surface area contributed by atoms with E-state index < -0.39 is 5.91 Å². The topological polar surface area (TPSA) is 80.9 Å². The van der Waals surface area contributed by atoms with Crippen LogP contribution < -0.4 is 5.32 Å². The summed E-state index contributed by atoms with van der Waals surface area (Å²) in [5.74, 6) is -0.401. The second-order valence-electron chi connectivity index (χ2n) is 2.61. The van der Waals surface area contributed by atoms with E-state index in [1.807, 2.05) is 0 Å². The normalized spacial score (nSPS) is 9.93. The molecule has 0 unspecified atom stereocenters. The summed E-state index contributed by atoms with van der Waals surface area (Å²) in [4.78, 5) is 11.5. The van der Waals surface area contributed by atoms with Gasteiger partial charge in [-0.25, -0.2) is 0 Å². The van der Waals surface area contributed by atoms with E-state index in [9.17, 15) is 4.79 Å². The highest BCUT2D eigenvalue weighted by Gasteiger charge is 2.08. The minimum Gasteiger partial charge on any atom is -0.363 e. The summed E-state index contributed by atoms with van der Waals surface area (Å²) in [6.45, 7) is 0. The standard InChI is InChI=1S/C8H5ClN4O2/c9-7-2-1-6(12-13-7)8(14)11-5-3-10-15-4-5/h1-4H,(H,11,14). The number of hydrogen-bond donors (Lipinski definition) is 1. The summed E-state index contributed by atoms with van der Waals surface area (Å²) in [7, 11) is 0. The Kier molecular flexibility index (Phi) is 2.59. The molecule has 2 heterocycles. The molecule has 7 heteroatoms. The number of carbonyl (C=O) groups is 1.